The summed E-state index contributed by atoms with van der Waals surface area (Å²) in [6.07, 6.45) is 4.05. The van der Waals surface area contributed by atoms with Crippen molar-refractivity contribution in [3.8, 4) is 0 Å². The topological polar surface area (TPSA) is 29.9 Å². The van der Waals surface area contributed by atoms with Gasteiger partial charge in [-0.15, -0.1) is 0 Å². The van der Waals surface area contributed by atoms with Crippen molar-refractivity contribution in [2.45, 2.75) is 12.5 Å². The first-order valence-corrected chi connectivity index (χ1v) is 5.69. The Morgan fingerprint density at radius 3 is 2.67 bits per heavy atom. The zero-order chi connectivity index (χ0) is 13.1. The quantitative estimate of drug-likeness (QED) is 0.902. The molecule has 0 fully saturated rings. The van der Waals surface area contributed by atoms with Gasteiger partial charge < -0.3 is 9.88 Å². The van der Waals surface area contributed by atoms with E-state index < -0.39 is 11.6 Å². The highest BCUT2D eigenvalue weighted by Gasteiger charge is 2.14. The summed E-state index contributed by atoms with van der Waals surface area (Å²) in [4.78, 5) is 4.05. The monoisotopic (exact) mass is 251 g/mol. The summed E-state index contributed by atoms with van der Waals surface area (Å²) in [6.45, 7) is 0. The lowest BCUT2D eigenvalue weighted by molar-refractivity contribution is 0.503. The molecule has 0 bridgehead atoms. The first kappa shape index (κ1) is 12.7. The number of likely N-dealkylation sites (N-methyl/N-ethyl adjacent to an activating group) is 1. The van der Waals surface area contributed by atoms with Gasteiger partial charge in [0.2, 0.25) is 0 Å². The lowest BCUT2D eigenvalue weighted by Gasteiger charge is -2.16. The molecule has 1 N–H and O–H groups in total. The number of rotatable bonds is 4. The van der Waals surface area contributed by atoms with Gasteiger partial charge in [-0.2, -0.15) is 0 Å². The van der Waals surface area contributed by atoms with Crippen LogP contribution in [0.1, 0.15) is 17.3 Å². The molecule has 0 aliphatic heterocycles. The number of aromatic nitrogens is 2. The molecule has 0 spiro atoms. The fraction of sp³-hybridized carbons (Fsp3) is 0.308. The SMILES string of the molecule is CNC(Cc1ccc(F)c(F)c1)c1cncn1C. The Kier molecular flexibility index (Phi) is 3.72. The molecule has 2 rings (SSSR count). The summed E-state index contributed by atoms with van der Waals surface area (Å²) in [5.41, 5.74) is 1.75. The van der Waals surface area contributed by atoms with E-state index in [1.807, 2.05) is 18.7 Å². The average molecular weight is 251 g/mol. The third-order valence-corrected chi connectivity index (χ3v) is 2.98. The summed E-state index contributed by atoms with van der Waals surface area (Å²) in [6, 6.07) is 4.00. The highest BCUT2D eigenvalue weighted by molar-refractivity contribution is 5.21. The molecule has 1 aromatic heterocycles. The maximum Gasteiger partial charge on any atom is 0.159 e. The van der Waals surface area contributed by atoms with Gasteiger partial charge in [-0.05, 0) is 31.2 Å². The molecule has 1 atom stereocenters. The third-order valence-electron chi connectivity index (χ3n) is 2.98. The van der Waals surface area contributed by atoms with E-state index in [1.165, 1.54) is 6.07 Å². The summed E-state index contributed by atoms with van der Waals surface area (Å²) < 4.78 is 27.9. The standard InChI is InChI=1S/C13H15F2N3/c1-16-12(13-7-17-8-18(13)2)6-9-3-4-10(14)11(15)5-9/h3-5,7-8,12,16H,6H2,1-2H3. The fourth-order valence-electron chi connectivity index (χ4n) is 1.96. The first-order valence-electron chi connectivity index (χ1n) is 5.69. The van der Waals surface area contributed by atoms with Crippen molar-refractivity contribution in [1.82, 2.24) is 14.9 Å². The molecule has 1 heterocycles. The molecule has 0 saturated carbocycles. The molecule has 96 valence electrons. The fourth-order valence-corrected chi connectivity index (χ4v) is 1.96. The van der Waals surface area contributed by atoms with Crippen molar-refractivity contribution in [1.29, 1.82) is 0 Å². The van der Waals surface area contributed by atoms with Gasteiger partial charge in [-0.25, -0.2) is 13.8 Å². The summed E-state index contributed by atoms with van der Waals surface area (Å²) >= 11 is 0. The Hall–Kier alpha value is -1.75. The Morgan fingerprint density at radius 2 is 2.11 bits per heavy atom. The molecule has 1 unspecified atom stereocenters. The maximum atomic E-state index is 13.1. The van der Waals surface area contributed by atoms with E-state index in [9.17, 15) is 8.78 Å². The lowest BCUT2D eigenvalue weighted by Crippen LogP contribution is -2.21. The maximum absolute atomic E-state index is 13.1. The molecular weight excluding hydrogens is 236 g/mol. The summed E-state index contributed by atoms with van der Waals surface area (Å²) in [7, 11) is 3.73. The van der Waals surface area contributed by atoms with Crippen LogP contribution in [0.15, 0.2) is 30.7 Å². The van der Waals surface area contributed by atoms with E-state index in [-0.39, 0.29) is 6.04 Å². The van der Waals surface area contributed by atoms with Crippen LogP contribution >= 0.6 is 0 Å². The number of nitrogens with one attached hydrogen (secondary N) is 1. The van der Waals surface area contributed by atoms with E-state index in [1.54, 1.807) is 18.6 Å². The van der Waals surface area contributed by atoms with Gasteiger partial charge >= 0.3 is 0 Å². The normalized spacial score (nSPS) is 12.7. The molecule has 5 heteroatoms. The van der Waals surface area contributed by atoms with E-state index in [2.05, 4.69) is 10.3 Å². The minimum absolute atomic E-state index is 0.0161. The zero-order valence-electron chi connectivity index (χ0n) is 10.3. The summed E-state index contributed by atoms with van der Waals surface area (Å²) in [5, 5.41) is 3.15. The van der Waals surface area contributed by atoms with Crippen LogP contribution in [0.3, 0.4) is 0 Å². The Balaban J connectivity index is 2.20. The minimum atomic E-state index is -0.819. The van der Waals surface area contributed by atoms with E-state index in [4.69, 9.17) is 0 Å². The number of aryl methyl sites for hydroxylation is 1. The molecule has 1 aromatic carbocycles. The molecule has 0 aliphatic carbocycles. The highest BCUT2D eigenvalue weighted by Crippen LogP contribution is 2.18. The summed E-state index contributed by atoms with van der Waals surface area (Å²) in [5.74, 6) is -1.63. The Bertz CT molecular complexity index is 537. The van der Waals surface area contributed by atoms with Crippen LogP contribution in [-0.2, 0) is 13.5 Å². The van der Waals surface area contributed by atoms with Crippen LogP contribution in [0.4, 0.5) is 8.78 Å². The van der Waals surface area contributed by atoms with Crippen molar-refractivity contribution in [2.24, 2.45) is 7.05 Å². The molecular formula is C13H15F2N3. The van der Waals surface area contributed by atoms with Gasteiger partial charge in [0, 0.05) is 13.2 Å². The number of nitrogens with zero attached hydrogens (tertiary/aromatic N) is 2. The molecule has 0 amide bonds. The van der Waals surface area contributed by atoms with Crippen molar-refractivity contribution in [3.63, 3.8) is 0 Å². The van der Waals surface area contributed by atoms with Crippen LogP contribution < -0.4 is 5.32 Å². The van der Waals surface area contributed by atoms with Gasteiger partial charge in [0.1, 0.15) is 0 Å². The number of benzene rings is 1. The Labute approximate surface area is 104 Å². The molecule has 2 aromatic rings. The number of halogens is 2. The van der Waals surface area contributed by atoms with Crippen LogP contribution in [0.25, 0.3) is 0 Å². The van der Waals surface area contributed by atoms with Gasteiger partial charge in [-0.3, -0.25) is 0 Å². The van der Waals surface area contributed by atoms with Crippen LogP contribution in [0.5, 0.6) is 0 Å². The second kappa shape index (κ2) is 5.27. The smallest absolute Gasteiger partial charge is 0.159 e. The van der Waals surface area contributed by atoms with Gasteiger partial charge in [0.05, 0.1) is 18.1 Å². The van der Waals surface area contributed by atoms with Crippen LogP contribution in [-0.4, -0.2) is 16.6 Å². The molecule has 3 nitrogen and oxygen atoms in total. The molecule has 0 aliphatic rings. The van der Waals surface area contributed by atoms with Crippen molar-refractivity contribution >= 4 is 0 Å². The third kappa shape index (κ3) is 2.56. The predicted molar refractivity (Wildman–Crippen MR) is 65.1 cm³/mol. The van der Waals surface area contributed by atoms with Crippen molar-refractivity contribution in [2.75, 3.05) is 7.05 Å². The van der Waals surface area contributed by atoms with E-state index >= 15 is 0 Å². The number of hydrogen-bond donors (Lipinski definition) is 1. The van der Waals surface area contributed by atoms with E-state index in [0.29, 0.717) is 6.42 Å². The lowest BCUT2D eigenvalue weighted by atomic mass is 10.0. The molecule has 0 saturated heterocycles. The van der Waals surface area contributed by atoms with Crippen molar-refractivity contribution < 1.29 is 8.78 Å². The van der Waals surface area contributed by atoms with Gasteiger partial charge in [0.25, 0.3) is 0 Å². The zero-order valence-corrected chi connectivity index (χ0v) is 10.3. The highest BCUT2D eigenvalue weighted by atomic mass is 19.2. The van der Waals surface area contributed by atoms with Crippen LogP contribution in [0.2, 0.25) is 0 Å². The van der Waals surface area contributed by atoms with Crippen LogP contribution in [0, 0.1) is 11.6 Å². The number of imidazole rings is 1. The van der Waals surface area contributed by atoms with E-state index in [0.717, 1.165) is 17.3 Å². The first-order chi connectivity index (χ1) is 8.61. The van der Waals surface area contributed by atoms with Gasteiger partial charge in [0.15, 0.2) is 11.6 Å². The van der Waals surface area contributed by atoms with Crippen molar-refractivity contribution in [3.05, 3.63) is 53.6 Å². The Morgan fingerprint density at radius 1 is 1.33 bits per heavy atom. The minimum Gasteiger partial charge on any atom is -0.336 e. The second-order valence-corrected chi connectivity index (χ2v) is 4.22. The molecule has 18 heavy (non-hydrogen) atoms. The van der Waals surface area contributed by atoms with Gasteiger partial charge in [-0.1, -0.05) is 6.07 Å². The average Bonchev–Trinajstić information content (AvgIpc) is 2.77. The molecule has 0 radical (unpaired) electrons. The second-order valence-electron chi connectivity index (χ2n) is 4.22. The number of hydrogen-bond acceptors (Lipinski definition) is 2. The predicted octanol–water partition coefficient (Wildman–Crippen LogP) is 2.20. The largest absolute Gasteiger partial charge is 0.336 e.